The van der Waals surface area contributed by atoms with Crippen molar-refractivity contribution in [1.82, 2.24) is 15.5 Å². The molecule has 1 atom stereocenters. The molecule has 7 nitrogen and oxygen atoms in total. The highest BCUT2D eigenvalue weighted by molar-refractivity contribution is 5.93. The third kappa shape index (κ3) is 4.49. The molecule has 1 fully saturated rings. The minimum absolute atomic E-state index is 0.0228. The quantitative estimate of drug-likeness (QED) is 0.856. The number of amides is 3. The fraction of sp³-hybridized carbons (Fsp3) is 0.600. The SMILES string of the molecule is COCC(C)NC(=O)NC1CCN(C(=O)c2ccoc2)CC1. The van der Waals surface area contributed by atoms with Crippen molar-refractivity contribution in [3.8, 4) is 0 Å². The maximum Gasteiger partial charge on any atom is 0.315 e. The lowest BCUT2D eigenvalue weighted by molar-refractivity contribution is 0.0707. The fourth-order valence-electron chi connectivity index (χ4n) is 2.54. The first-order valence-corrected chi connectivity index (χ1v) is 7.47. The van der Waals surface area contributed by atoms with Gasteiger partial charge in [0.15, 0.2) is 0 Å². The van der Waals surface area contributed by atoms with E-state index in [2.05, 4.69) is 10.6 Å². The van der Waals surface area contributed by atoms with E-state index in [9.17, 15) is 9.59 Å². The Labute approximate surface area is 130 Å². The number of hydrogen-bond donors (Lipinski definition) is 2. The van der Waals surface area contributed by atoms with Crippen LogP contribution < -0.4 is 10.6 Å². The zero-order valence-corrected chi connectivity index (χ0v) is 13.0. The highest BCUT2D eigenvalue weighted by atomic mass is 16.5. The molecule has 0 bridgehead atoms. The van der Waals surface area contributed by atoms with E-state index in [1.807, 2.05) is 6.92 Å². The number of ether oxygens (including phenoxy) is 1. The van der Waals surface area contributed by atoms with Crippen LogP contribution in [-0.2, 0) is 4.74 Å². The molecule has 1 aliphatic rings. The Kier molecular flexibility index (Phi) is 5.83. The molecule has 1 aromatic heterocycles. The summed E-state index contributed by atoms with van der Waals surface area (Å²) in [7, 11) is 1.60. The first kappa shape index (κ1) is 16.4. The van der Waals surface area contributed by atoms with E-state index < -0.39 is 0 Å². The van der Waals surface area contributed by atoms with Gasteiger partial charge in [0, 0.05) is 26.2 Å². The summed E-state index contributed by atoms with van der Waals surface area (Å²) < 4.78 is 9.91. The number of carbonyl (C=O) groups is 2. The number of carbonyl (C=O) groups excluding carboxylic acids is 2. The second kappa shape index (κ2) is 7.84. The van der Waals surface area contributed by atoms with Crippen molar-refractivity contribution < 1.29 is 18.7 Å². The second-order valence-electron chi connectivity index (χ2n) is 5.55. The number of rotatable bonds is 5. The van der Waals surface area contributed by atoms with Crippen LogP contribution in [-0.4, -0.2) is 55.7 Å². The molecule has 1 aliphatic heterocycles. The van der Waals surface area contributed by atoms with E-state index in [1.54, 1.807) is 18.1 Å². The van der Waals surface area contributed by atoms with Gasteiger partial charge in [0.25, 0.3) is 5.91 Å². The molecular formula is C15H23N3O4. The number of furan rings is 1. The smallest absolute Gasteiger partial charge is 0.315 e. The lowest BCUT2D eigenvalue weighted by atomic mass is 10.0. The third-order valence-electron chi connectivity index (χ3n) is 3.68. The Morgan fingerprint density at radius 2 is 2.18 bits per heavy atom. The molecule has 122 valence electrons. The van der Waals surface area contributed by atoms with Crippen LogP contribution in [0.25, 0.3) is 0 Å². The molecule has 2 N–H and O–H groups in total. The highest BCUT2D eigenvalue weighted by Crippen LogP contribution is 2.14. The summed E-state index contributed by atoms with van der Waals surface area (Å²) >= 11 is 0. The number of urea groups is 1. The first-order valence-electron chi connectivity index (χ1n) is 7.47. The molecule has 0 aromatic carbocycles. The standard InChI is InChI=1S/C15H23N3O4/c1-11(9-21-2)16-15(20)17-13-3-6-18(7-4-13)14(19)12-5-8-22-10-12/h5,8,10-11,13H,3-4,6-7,9H2,1-2H3,(H2,16,17,20). The minimum atomic E-state index is -0.191. The fourth-order valence-corrected chi connectivity index (χ4v) is 2.54. The summed E-state index contributed by atoms with van der Waals surface area (Å²) in [6.45, 7) is 3.62. The van der Waals surface area contributed by atoms with Gasteiger partial charge in [0.05, 0.1) is 24.5 Å². The monoisotopic (exact) mass is 309 g/mol. The van der Waals surface area contributed by atoms with Crippen molar-refractivity contribution in [2.45, 2.75) is 31.8 Å². The molecule has 22 heavy (non-hydrogen) atoms. The van der Waals surface area contributed by atoms with Crippen molar-refractivity contribution in [1.29, 1.82) is 0 Å². The van der Waals surface area contributed by atoms with Crippen LogP contribution in [0.15, 0.2) is 23.0 Å². The summed E-state index contributed by atoms with van der Waals surface area (Å²) in [5.74, 6) is -0.0228. The molecule has 2 heterocycles. The summed E-state index contributed by atoms with van der Waals surface area (Å²) in [4.78, 5) is 25.8. The van der Waals surface area contributed by atoms with E-state index in [4.69, 9.17) is 9.15 Å². The van der Waals surface area contributed by atoms with Crippen molar-refractivity contribution >= 4 is 11.9 Å². The molecule has 7 heteroatoms. The third-order valence-corrected chi connectivity index (χ3v) is 3.68. The number of nitrogens with one attached hydrogen (secondary N) is 2. The zero-order valence-electron chi connectivity index (χ0n) is 13.0. The maximum absolute atomic E-state index is 12.2. The van der Waals surface area contributed by atoms with Crippen molar-refractivity contribution in [3.05, 3.63) is 24.2 Å². The van der Waals surface area contributed by atoms with Gasteiger partial charge in [-0.25, -0.2) is 4.79 Å². The number of methoxy groups -OCH3 is 1. The Balaban J connectivity index is 1.73. The van der Waals surface area contributed by atoms with Crippen molar-refractivity contribution in [2.24, 2.45) is 0 Å². The van der Waals surface area contributed by atoms with E-state index in [0.717, 1.165) is 12.8 Å². The molecular weight excluding hydrogens is 286 g/mol. The van der Waals surface area contributed by atoms with Crippen LogP contribution in [0.3, 0.4) is 0 Å². The zero-order chi connectivity index (χ0) is 15.9. The van der Waals surface area contributed by atoms with Gasteiger partial charge in [-0.2, -0.15) is 0 Å². The average molecular weight is 309 g/mol. The Bertz CT molecular complexity index is 481. The lowest BCUT2D eigenvalue weighted by Crippen LogP contribution is -2.51. The summed E-state index contributed by atoms with van der Waals surface area (Å²) in [6, 6.07) is 1.53. The van der Waals surface area contributed by atoms with Gasteiger partial charge < -0.3 is 24.7 Å². The predicted octanol–water partition coefficient (Wildman–Crippen LogP) is 1.22. The Hall–Kier alpha value is -2.02. The Morgan fingerprint density at radius 3 is 2.77 bits per heavy atom. The summed E-state index contributed by atoms with van der Waals surface area (Å²) in [5.41, 5.74) is 0.567. The Morgan fingerprint density at radius 1 is 1.45 bits per heavy atom. The van der Waals surface area contributed by atoms with Gasteiger partial charge in [-0.3, -0.25) is 4.79 Å². The minimum Gasteiger partial charge on any atom is -0.472 e. The maximum atomic E-state index is 12.2. The highest BCUT2D eigenvalue weighted by Gasteiger charge is 2.25. The van der Waals surface area contributed by atoms with Crippen molar-refractivity contribution in [3.63, 3.8) is 0 Å². The molecule has 1 unspecified atom stereocenters. The van der Waals surface area contributed by atoms with E-state index in [1.165, 1.54) is 12.5 Å². The van der Waals surface area contributed by atoms with Crippen LogP contribution in [0.4, 0.5) is 4.79 Å². The molecule has 0 spiro atoms. The van der Waals surface area contributed by atoms with Crippen LogP contribution in [0, 0.1) is 0 Å². The van der Waals surface area contributed by atoms with Gasteiger partial charge in [-0.1, -0.05) is 0 Å². The normalized spacial score (nSPS) is 17.1. The number of hydrogen-bond acceptors (Lipinski definition) is 4. The molecule has 0 aliphatic carbocycles. The lowest BCUT2D eigenvalue weighted by Gasteiger charge is -2.32. The van der Waals surface area contributed by atoms with E-state index >= 15 is 0 Å². The molecule has 1 aromatic rings. The van der Waals surface area contributed by atoms with Crippen LogP contribution in [0.1, 0.15) is 30.1 Å². The number of likely N-dealkylation sites (tertiary alicyclic amines) is 1. The molecule has 1 saturated heterocycles. The van der Waals surface area contributed by atoms with Gasteiger partial charge >= 0.3 is 6.03 Å². The van der Waals surface area contributed by atoms with Gasteiger partial charge in [0.2, 0.25) is 0 Å². The number of piperidine rings is 1. The van der Waals surface area contributed by atoms with Crippen molar-refractivity contribution in [2.75, 3.05) is 26.8 Å². The van der Waals surface area contributed by atoms with Crippen LogP contribution in [0.2, 0.25) is 0 Å². The molecule has 0 radical (unpaired) electrons. The van der Waals surface area contributed by atoms with Gasteiger partial charge in [-0.15, -0.1) is 0 Å². The molecule has 0 saturated carbocycles. The van der Waals surface area contributed by atoms with Gasteiger partial charge in [0.1, 0.15) is 6.26 Å². The van der Waals surface area contributed by atoms with Crippen LogP contribution >= 0.6 is 0 Å². The van der Waals surface area contributed by atoms with Gasteiger partial charge in [-0.05, 0) is 25.8 Å². The van der Waals surface area contributed by atoms with E-state index in [0.29, 0.717) is 25.3 Å². The van der Waals surface area contributed by atoms with Crippen LogP contribution in [0.5, 0.6) is 0 Å². The molecule has 3 amide bonds. The first-order chi connectivity index (χ1) is 10.6. The number of nitrogens with zero attached hydrogens (tertiary/aromatic N) is 1. The summed E-state index contributed by atoms with van der Waals surface area (Å²) in [6.07, 6.45) is 4.44. The summed E-state index contributed by atoms with van der Waals surface area (Å²) in [5, 5.41) is 5.76. The molecule has 2 rings (SSSR count). The topological polar surface area (TPSA) is 83.8 Å². The average Bonchev–Trinajstić information content (AvgIpc) is 3.01. The van der Waals surface area contributed by atoms with E-state index in [-0.39, 0.29) is 24.0 Å². The second-order valence-corrected chi connectivity index (χ2v) is 5.55. The predicted molar refractivity (Wildman–Crippen MR) is 80.6 cm³/mol. The largest absolute Gasteiger partial charge is 0.472 e.